The van der Waals surface area contributed by atoms with Gasteiger partial charge in [0.25, 0.3) is 0 Å². The topological polar surface area (TPSA) is 113 Å². The smallest absolute Gasteiger partial charge is 0.344 e. The van der Waals surface area contributed by atoms with Gasteiger partial charge in [0.05, 0.1) is 37.9 Å². The maximum absolute atomic E-state index is 15.4. The van der Waals surface area contributed by atoms with Crippen molar-refractivity contribution in [1.82, 2.24) is 9.88 Å². The van der Waals surface area contributed by atoms with Crippen LogP contribution in [0.15, 0.2) is 66.9 Å². The van der Waals surface area contributed by atoms with Gasteiger partial charge in [-0.15, -0.1) is 0 Å². The second-order valence-electron chi connectivity index (χ2n) is 12.5. The zero-order valence-corrected chi connectivity index (χ0v) is 30.2. The lowest BCUT2D eigenvalue weighted by molar-refractivity contribution is -0.133. The van der Waals surface area contributed by atoms with E-state index in [0.717, 1.165) is 0 Å². The van der Waals surface area contributed by atoms with E-state index in [2.05, 4.69) is 4.98 Å². The first kappa shape index (κ1) is 38.0. The van der Waals surface area contributed by atoms with Crippen molar-refractivity contribution in [2.45, 2.75) is 46.0 Å². The largest absolute Gasteiger partial charge is 0.493 e. The summed E-state index contributed by atoms with van der Waals surface area (Å²) in [6.45, 7) is 5.03. The number of halogens is 2. The van der Waals surface area contributed by atoms with Crippen LogP contribution in [0.25, 0.3) is 10.9 Å². The molecule has 5 rings (SSSR count). The zero-order chi connectivity index (χ0) is 36.6. The first-order valence-electron chi connectivity index (χ1n) is 16.9. The molecule has 0 atom stereocenters. The number of hydrogen-bond donors (Lipinski definition) is 0. The summed E-state index contributed by atoms with van der Waals surface area (Å²) < 4.78 is 69.9. The lowest BCUT2D eigenvalue weighted by atomic mass is 9.88. The van der Waals surface area contributed by atoms with Gasteiger partial charge in [-0.3, -0.25) is 24.0 Å². The number of pyridine rings is 1. The van der Waals surface area contributed by atoms with Crippen molar-refractivity contribution in [2.24, 2.45) is 5.41 Å². The highest BCUT2D eigenvalue weighted by atomic mass is 31.2. The fourth-order valence-corrected chi connectivity index (χ4v) is 7.65. The lowest BCUT2D eigenvalue weighted by Gasteiger charge is -2.23. The quantitative estimate of drug-likeness (QED) is 0.0506. The fraction of sp³-hybridized carbons (Fsp3) is 0.395. The van der Waals surface area contributed by atoms with Crippen LogP contribution in [-0.2, 0) is 36.0 Å². The van der Waals surface area contributed by atoms with Crippen LogP contribution >= 0.6 is 7.60 Å². The molecule has 1 aliphatic rings. The molecule has 0 unspecified atom stereocenters. The first-order chi connectivity index (χ1) is 24.5. The Kier molecular flexibility index (Phi) is 12.6. The third-order valence-electron chi connectivity index (χ3n) is 8.67. The number of methoxy groups -OCH3 is 1. The maximum atomic E-state index is 15.4. The Labute approximate surface area is 296 Å². The predicted molar refractivity (Wildman–Crippen MR) is 189 cm³/mol. The molecule has 1 saturated carbocycles. The summed E-state index contributed by atoms with van der Waals surface area (Å²) in [5, 5.41) is 0.564. The van der Waals surface area contributed by atoms with Crippen LogP contribution in [0.2, 0.25) is 0 Å². The Balaban J connectivity index is 1.22. The Bertz CT molecular complexity index is 1890. The Morgan fingerprint density at radius 2 is 1.53 bits per heavy atom. The van der Waals surface area contributed by atoms with Crippen LogP contribution in [0.1, 0.15) is 44.2 Å². The van der Waals surface area contributed by atoms with Crippen LogP contribution in [-0.4, -0.2) is 68.3 Å². The predicted octanol–water partition coefficient (Wildman–Crippen LogP) is 7.94. The molecular weight excluding hydrogens is 681 g/mol. The third kappa shape index (κ3) is 9.56. The summed E-state index contributed by atoms with van der Waals surface area (Å²) in [5.74, 6) is -0.340. The molecule has 0 saturated heterocycles. The van der Waals surface area contributed by atoms with Crippen molar-refractivity contribution in [3.05, 3.63) is 89.6 Å². The van der Waals surface area contributed by atoms with E-state index in [1.807, 2.05) is 11.9 Å². The van der Waals surface area contributed by atoms with Gasteiger partial charge in [0, 0.05) is 37.0 Å². The number of ether oxygens (including phenoxy) is 3. The molecule has 0 amide bonds. The molecule has 10 nitrogen and oxygen atoms in total. The van der Waals surface area contributed by atoms with Crippen molar-refractivity contribution in [3.63, 3.8) is 0 Å². The van der Waals surface area contributed by atoms with Crippen molar-refractivity contribution >= 4 is 30.1 Å². The zero-order valence-electron chi connectivity index (χ0n) is 29.3. The average molecular weight is 725 g/mol. The van der Waals surface area contributed by atoms with E-state index in [1.54, 1.807) is 44.3 Å². The normalized spacial score (nSPS) is 13.7. The van der Waals surface area contributed by atoms with Gasteiger partial charge in [0.1, 0.15) is 17.9 Å². The summed E-state index contributed by atoms with van der Waals surface area (Å²) >= 11 is 0. The molecule has 1 fully saturated rings. The van der Waals surface area contributed by atoms with Crippen LogP contribution in [0.4, 0.5) is 8.78 Å². The highest BCUT2D eigenvalue weighted by Gasteiger charge is 2.54. The van der Waals surface area contributed by atoms with Crippen molar-refractivity contribution in [1.29, 1.82) is 0 Å². The summed E-state index contributed by atoms with van der Waals surface area (Å²) in [6, 6.07) is 15.0. The molecule has 1 aromatic heterocycles. The Morgan fingerprint density at radius 3 is 2.16 bits per heavy atom. The van der Waals surface area contributed by atoms with E-state index in [-0.39, 0.29) is 36.4 Å². The minimum absolute atomic E-state index is 0.0388. The third-order valence-corrected chi connectivity index (χ3v) is 10.8. The molecular formula is C38H43F2N2O8P. The van der Waals surface area contributed by atoms with Gasteiger partial charge in [0.15, 0.2) is 34.6 Å². The van der Waals surface area contributed by atoms with E-state index in [1.165, 1.54) is 43.5 Å². The van der Waals surface area contributed by atoms with Gasteiger partial charge in [0.2, 0.25) is 0 Å². The minimum Gasteiger partial charge on any atom is -0.493 e. The van der Waals surface area contributed by atoms with E-state index in [0.29, 0.717) is 84.9 Å². The minimum atomic E-state index is -3.21. The maximum Gasteiger partial charge on any atom is 0.344 e. The Hall–Kier alpha value is -4.22. The molecule has 51 heavy (non-hydrogen) atoms. The van der Waals surface area contributed by atoms with E-state index in [9.17, 15) is 18.5 Å². The summed E-state index contributed by atoms with van der Waals surface area (Å²) in [5.41, 5.74) is 0.531. The number of nitrogens with zero attached hydrogens (tertiary/aromatic N) is 2. The molecule has 0 radical (unpaired) electrons. The van der Waals surface area contributed by atoms with Gasteiger partial charge < -0.3 is 23.3 Å². The first-order valence-corrected chi connectivity index (χ1v) is 18.7. The van der Waals surface area contributed by atoms with Gasteiger partial charge >= 0.3 is 7.60 Å². The number of aromatic nitrogens is 1. The van der Waals surface area contributed by atoms with E-state index < -0.39 is 24.6 Å². The molecule has 272 valence electrons. The number of benzene rings is 3. The highest BCUT2D eigenvalue weighted by molar-refractivity contribution is 7.53. The van der Waals surface area contributed by atoms with Gasteiger partial charge in [-0.25, -0.2) is 8.78 Å². The molecule has 0 bridgehead atoms. The monoisotopic (exact) mass is 724 g/mol. The molecule has 0 N–H and O–H groups in total. The molecule has 3 aromatic carbocycles. The average Bonchev–Trinajstić information content (AvgIpc) is 3.91. The van der Waals surface area contributed by atoms with Crippen molar-refractivity contribution < 1.29 is 46.2 Å². The number of Topliss-reactive ketones (excluding diaryl/α,β-unsaturated/α-hetero) is 2. The highest BCUT2D eigenvalue weighted by Crippen LogP contribution is 2.49. The van der Waals surface area contributed by atoms with Gasteiger partial charge in [-0.2, -0.15) is 0 Å². The van der Waals surface area contributed by atoms with Crippen LogP contribution in [0.3, 0.4) is 0 Å². The number of ketones is 2. The van der Waals surface area contributed by atoms with Gasteiger partial charge in [-0.05, 0) is 87.7 Å². The number of rotatable bonds is 20. The molecule has 4 aromatic rings. The van der Waals surface area contributed by atoms with Crippen molar-refractivity contribution in [2.75, 3.05) is 46.8 Å². The van der Waals surface area contributed by atoms with Crippen LogP contribution < -0.4 is 14.2 Å². The Morgan fingerprint density at radius 1 is 0.863 bits per heavy atom. The molecule has 1 heterocycles. The van der Waals surface area contributed by atoms with Gasteiger partial charge in [-0.1, -0.05) is 18.2 Å². The van der Waals surface area contributed by atoms with E-state index >= 15 is 4.39 Å². The summed E-state index contributed by atoms with van der Waals surface area (Å²) in [4.78, 5) is 32.6. The summed E-state index contributed by atoms with van der Waals surface area (Å²) in [7, 11) is 0.150. The lowest BCUT2D eigenvalue weighted by Crippen LogP contribution is -2.28. The van der Waals surface area contributed by atoms with Crippen LogP contribution in [0, 0.1) is 17.0 Å². The molecule has 0 aliphatic heterocycles. The summed E-state index contributed by atoms with van der Waals surface area (Å²) in [6.07, 6.45) is 3.15. The fourth-order valence-electron chi connectivity index (χ4n) is 5.89. The number of hydrogen-bond acceptors (Lipinski definition) is 10. The molecule has 13 heteroatoms. The molecule has 0 spiro atoms. The number of fused-ring (bicyclic) bond motifs is 1. The second-order valence-corrected chi connectivity index (χ2v) is 14.5. The van der Waals surface area contributed by atoms with Crippen LogP contribution in [0.5, 0.6) is 23.0 Å². The molecule has 1 aliphatic carbocycles. The standard InChI is InChI=1S/C38H43F2N2O8P/c1-5-48-51(45,49-6-2)25-42(3)18-7-19-47-35-23-29-31(24-34(35)46-4)41-17-14-32(29)50-33-13-10-27(20-30(33)40)22-37(44)38(15-16-38)36(43)21-26-8-11-28(39)12-9-26/h8-14,17,20,23-24H,5-7,15-16,18-19,21-22,25H2,1-4H3. The number of carbonyl (C=O) groups is 2. The second kappa shape index (κ2) is 16.9. The SMILES string of the molecule is CCOP(=O)(CN(C)CCCOc1cc2c(Oc3ccc(CC(=O)C4(C(=O)Cc5ccc(F)cc5)CC4)cc3F)ccnc2cc1OC)OCC. The van der Waals surface area contributed by atoms with Crippen molar-refractivity contribution in [3.8, 4) is 23.0 Å². The number of carbonyl (C=O) groups excluding carboxylic acids is 2. The van der Waals surface area contributed by atoms with E-state index in [4.69, 9.17) is 23.3 Å².